The minimum atomic E-state index is 0. The number of halogens is 1. The van der Waals surface area contributed by atoms with Crippen molar-refractivity contribution in [3.8, 4) is 0 Å². The average Bonchev–Trinajstić information content (AvgIpc) is 2.58. The Hall–Kier alpha value is 0.0600. The molecule has 0 aromatic carbocycles. The van der Waals surface area contributed by atoms with Gasteiger partial charge < -0.3 is 0 Å². The fourth-order valence-corrected chi connectivity index (χ4v) is 3.20. The number of unbranched alkanes of at least 4 members (excludes halogenated alkanes) is 2. The quantitative estimate of drug-likeness (QED) is 0.584. The molecule has 1 aromatic heterocycles. The summed E-state index contributed by atoms with van der Waals surface area (Å²) in [6, 6.07) is 0. The highest BCUT2D eigenvalue weighted by atomic mass is 79.9. The van der Waals surface area contributed by atoms with E-state index in [9.17, 15) is 4.79 Å². The smallest absolute Gasteiger partial charge is 0.275 e. The fourth-order valence-electron chi connectivity index (χ4n) is 1.19. The number of hydrogen-bond acceptors (Lipinski definition) is 4. The van der Waals surface area contributed by atoms with Crippen molar-refractivity contribution < 1.29 is 0 Å². The topological polar surface area (TPSA) is 34.4 Å². The molecule has 0 amide bonds. The Morgan fingerprint density at radius 3 is 2.50 bits per heavy atom. The van der Waals surface area contributed by atoms with Crippen molar-refractivity contribution in [1.82, 2.24) is 4.57 Å². The summed E-state index contributed by atoms with van der Waals surface area (Å²) in [4.78, 5) is 17.0. The van der Waals surface area contributed by atoms with E-state index in [2.05, 4.69) is 18.8 Å². The molecule has 1 rings (SSSR count). The zero-order chi connectivity index (χ0) is 11.1. The molecule has 0 unspecified atom stereocenters. The van der Waals surface area contributed by atoms with Crippen LogP contribution in [-0.2, 0) is 6.54 Å². The summed E-state index contributed by atoms with van der Waals surface area (Å²) in [5.41, 5.74) is 0. The van der Waals surface area contributed by atoms with Gasteiger partial charge in [-0.1, -0.05) is 26.7 Å². The molecule has 16 heavy (non-hydrogen) atoms. The number of nitrogens with zero attached hydrogens (tertiary/aromatic N) is 2. The van der Waals surface area contributed by atoms with E-state index in [1.807, 2.05) is 4.57 Å². The maximum Gasteiger partial charge on any atom is 0.319 e. The molecule has 0 saturated heterocycles. The van der Waals surface area contributed by atoms with E-state index in [-0.39, 0.29) is 21.9 Å². The van der Waals surface area contributed by atoms with Gasteiger partial charge in [0.1, 0.15) is 0 Å². The van der Waals surface area contributed by atoms with Crippen molar-refractivity contribution in [2.45, 2.75) is 46.1 Å². The first-order valence-corrected chi connectivity index (χ1v) is 7.65. The highest BCUT2D eigenvalue weighted by Gasteiger charge is 2.01. The molecule has 0 radical (unpaired) electrons. The Balaban J connectivity index is 0.00000225. The van der Waals surface area contributed by atoms with Gasteiger partial charge in [0.15, 0.2) is 4.80 Å². The first kappa shape index (κ1) is 16.1. The summed E-state index contributed by atoms with van der Waals surface area (Å²) in [7, 11) is 2.80. The van der Waals surface area contributed by atoms with Crippen LogP contribution in [0, 0.1) is 0 Å². The molecular weight excluding hydrogens is 308 g/mol. The van der Waals surface area contributed by atoms with Gasteiger partial charge in [-0.05, 0) is 33.5 Å². The van der Waals surface area contributed by atoms with Crippen molar-refractivity contribution in [3.63, 3.8) is 0 Å². The van der Waals surface area contributed by atoms with Gasteiger partial charge in [0.25, 0.3) is 0 Å². The van der Waals surface area contributed by atoms with Crippen LogP contribution in [0.25, 0.3) is 0 Å². The van der Waals surface area contributed by atoms with Gasteiger partial charge in [-0.15, -0.1) is 17.0 Å². The lowest BCUT2D eigenvalue weighted by molar-refractivity contribution is 0.602. The number of rotatable bonds is 6. The molecule has 0 aliphatic heterocycles. The van der Waals surface area contributed by atoms with Gasteiger partial charge in [-0.2, -0.15) is 0 Å². The Bertz CT molecular complexity index is 394. The molecule has 6 heteroatoms. The molecule has 0 saturated carbocycles. The highest BCUT2D eigenvalue weighted by molar-refractivity contribution is 8.93. The third-order valence-electron chi connectivity index (χ3n) is 2.13. The van der Waals surface area contributed by atoms with Crippen molar-refractivity contribution in [2.24, 2.45) is 4.99 Å². The molecule has 0 bridgehead atoms. The van der Waals surface area contributed by atoms with Crippen LogP contribution in [0.2, 0.25) is 0 Å². The first-order chi connectivity index (χ1) is 7.29. The standard InChI is InChI=1S/C10H18N2OS2.BrH/c1-3-5-7-11-9-12(8-6-4-2)10(13)15-14-9;/h3-8H2,1-2H3;1H. The van der Waals surface area contributed by atoms with Gasteiger partial charge in [-0.25, -0.2) is 0 Å². The van der Waals surface area contributed by atoms with Crippen LogP contribution < -0.4 is 9.67 Å². The van der Waals surface area contributed by atoms with E-state index in [1.54, 1.807) is 0 Å². The van der Waals surface area contributed by atoms with E-state index >= 15 is 0 Å². The second-order valence-corrected chi connectivity index (χ2v) is 5.50. The lowest BCUT2D eigenvalue weighted by Gasteiger charge is -1.98. The molecule has 1 heterocycles. The van der Waals surface area contributed by atoms with E-state index in [1.165, 1.54) is 20.7 Å². The highest BCUT2D eigenvalue weighted by Crippen LogP contribution is 1.96. The molecule has 1 aromatic rings. The van der Waals surface area contributed by atoms with Crippen LogP contribution >= 0.6 is 37.7 Å². The molecule has 0 aliphatic rings. The Kier molecular flexibility index (Phi) is 9.16. The van der Waals surface area contributed by atoms with Crippen LogP contribution in [0.5, 0.6) is 0 Å². The maximum absolute atomic E-state index is 11.5. The molecule has 0 aliphatic carbocycles. The molecule has 0 atom stereocenters. The van der Waals surface area contributed by atoms with Gasteiger partial charge in [0, 0.05) is 13.1 Å². The predicted molar refractivity (Wildman–Crippen MR) is 77.0 cm³/mol. The summed E-state index contributed by atoms with van der Waals surface area (Å²) in [6.45, 7) is 5.95. The third kappa shape index (κ3) is 4.93. The molecule has 0 N–H and O–H groups in total. The predicted octanol–water partition coefficient (Wildman–Crippen LogP) is 3.05. The largest absolute Gasteiger partial charge is 0.319 e. The molecule has 0 fully saturated rings. The summed E-state index contributed by atoms with van der Waals surface area (Å²) in [6.07, 6.45) is 4.42. The van der Waals surface area contributed by atoms with Gasteiger partial charge in [0.2, 0.25) is 0 Å². The zero-order valence-corrected chi connectivity index (χ0v) is 13.1. The van der Waals surface area contributed by atoms with Gasteiger partial charge >= 0.3 is 4.87 Å². The molecule has 94 valence electrons. The lowest BCUT2D eigenvalue weighted by atomic mass is 10.3. The van der Waals surface area contributed by atoms with Crippen LogP contribution in [0.15, 0.2) is 9.79 Å². The fraction of sp³-hybridized carbons (Fsp3) is 0.800. The van der Waals surface area contributed by atoms with E-state index < -0.39 is 0 Å². The van der Waals surface area contributed by atoms with Crippen LogP contribution in [-0.4, -0.2) is 11.1 Å². The van der Waals surface area contributed by atoms with Crippen LogP contribution in [0.4, 0.5) is 0 Å². The Morgan fingerprint density at radius 2 is 1.88 bits per heavy atom. The monoisotopic (exact) mass is 326 g/mol. The van der Waals surface area contributed by atoms with E-state index in [0.29, 0.717) is 0 Å². The van der Waals surface area contributed by atoms with Gasteiger partial charge in [0.05, 0.1) is 0 Å². The lowest BCUT2D eigenvalue weighted by Crippen LogP contribution is -2.25. The number of aromatic nitrogens is 1. The molecule has 0 spiro atoms. The first-order valence-electron chi connectivity index (χ1n) is 5.50. The van der Waals surface area contributed by atoms with Crippen molar-refractivity contribution in [1.29, 1.82) is 0 Å². The normalized spacial score (nSPS) is 11.5. The van der Waals surface area contributed by atoms with Gasteiger partial charge in [-0.3, -0.25) is 14.4 Å². The second kappa shape index (κ2) is 9.13. The summed E-state index contributed by atoms with van der Waals surface area (Å²) in [5, 5.41) is 0. The van der Waals surface area contributed by atoms with Crippen LogP contribution in [0.1, 0.15) is 39.5 Å². The Morgan fingerprint density at radius 1 is 1.19 bits per heavy atom. The minimum Gasteiger partial charge on any atom is -0.275 e. The summed E-state index contributed by atoms with van der Waals surface area (Å²) in [5.74, 6) is 0. The Labute approximate surface area is 114 Å². The maximum atomic E-state index is 11.5. The van der Waals surface area contributed by atoms with Crippen molar-refractivity contribution in [3.05, 3.63) is 14.5 Å². The molecule has 3 nitrogen and oxygen atoms in total. The van der Waals surface area contributed by atoms with Crippen molar-refractivity contribution >= 4 is 37.7 Å². The summed E-state index contributed by atoms with van der Waals surface area (Å²) < 4.78 is 1.81. The zero-order valence-electron chi connectivity index (χ0n) is 9.77. The van der Waals surface area contributed by atoms with Crippen LogP contribution in [0.3, 0.4) is 0 Å². The summed E-state index contributed by atoms with van der Waals surface area (Å²) >= 11 is 0. The molecular formula is C10H19BrN2OS2. The average molecular weight is 327 g/mol. The number of hydrogen-bond donors (Lipinski definition) is 0. The SMILES string of the molecule is Br.CCCCN=c1ssc(=O)n1CCCC. The van der Waals surface area contributed by atoms with Crippen molar-refractivity contribution in [2.75, 3.05) is 6.54 Å². The minimum absolute atomic E-state index is 0. The van der Waals surface area contributed by atoms with E-state index in [4.69, 9.17) is 0 Å². The van der Waals surface area contributed by atoms with E-state index in [0.717, 1.165) is 43.6 Å². The second-order valence-electron chi connectivity index (χ2n) is 3.46. The third-order valence-corrected chi connectivity index (χ3v) is 4.20.